The Morgan fingerprint density at radius 3 is 2.97 bits per heavy atom. The molecule has 7 heteroatoms. The molecule has 0 fully saturated rings. The Kier molecular flexibility index (Phi) is 5.40. The number of allylic oxidation sites excluding steroid dienone is 3. The molecular weight excluding hydrogens is 434 g/mol. The van der Waals surface area contributed by atoms with E-state index in [1.165, 1.54) is 35.2 Å². The van der Waals surface area contributed by atoms with Crippen LogP contribution in [0.2, 0.25) is 5.02 Å². The maximum absolute atomic E-state index is 9.90. The Morgan fingerprint density at radius 1 is 1.21 bits per heavy atom. The van der Waals surface area contributed by atoms with Crippen molar-refractivity contribution in [3.8, 4) is 0 Å². The molecule has 0 amide bonds. The van der Waals surface area contributed by atoms with E-state index < -0.39 is 0 Å². The lowest BCUT2D eigenvalue weighted by molar-refractivity contribution is 0.255. The van der Waals surface area contributed by atoms with E-state index in [4.69, 9.17) is 16.6 Å². The van der Waals surface area contributed by atoms with Gasteiger partial charge >= 0.3 is 0 Å². The Hall–Kier alpha value is -2.41. The number of likely N-dealkylation sites (N-methyl/N-ethyl adjacent to an activating group) is 1. The van der Waals surface area contributed by atoms with Gasteiger partial charge in [0.15, 0.2) is 5.82 Å². The SMILES string of the molecule is CN1Cc2cc(Nc3ncc(Cl)c(N4CC(CO)C5=C4CCC=C5)n3)cc3c2C(CCC3)C1. The van der Waals surface area contributed by atoms with Crippen molar-refractivity contribution in [2.24, 2.45) is 5.92 Å². The topological polar surface area (TPSA) is 64.5 Å². The fourth-order valence-electron chi connectivity index (χ4n) is 6.18. The van der Waals surface area contributed by atoms with Crippen molar-refractivity contribution >= 4 is 29.1 Å². The lowest BCUT2D eigenvalue weighted by Gasteiger charge is -2.37. The highest BCUT2D eigenvalue weighted by Gasteiger charge is 2.33. The average Bonchev–Trinajstić information content (AvgIpc) is 3.19. The summed E-state index contributed by atoms with van der Waals surface area (Å²) in [5.41, 5.74) is 7.96. The number of rotatable bonds is 4. The second-order valence-electron chi connectivity index (χ2n) is 9.82. The Bertz CT molecular complexity index is 1160. The van der Waals surface area contributed by atoms with E-state index in [9.17, 15) is 5.11 Å². The minimum Gasteiger partial charge on any atom is -0.396 e. The molecule has 1 aromatic heterocycles. The van der Waals surface area contributed by atoms with Gasteiger partial charge in [0, 0.05) is 36.9 Å². The molecule has 4 aliphatic rings. The maximum Gasteiger partial charge on any atom is 0.229 e. The van der Waals surface area contributed by atoms with Gasteiger partial charge in [0.05, 0.1) is 12.8 Å². The van der Waals surface area contributed by atoms with Gasteiger partial charge in [-0.3, -0.25) is 0 Å². The number of nitrogens with zero attached hydrogens (tertiary/aromatic N) is 4. The van der Waals surface area contributed by atoms with E-state index in [-0.39, 0.29) is 12.5 Å². The standard InChI is InChI=1S/C26H30ClN5O/c1-31-12-17-6-4-5-16-9-20(10-18(13-31)24(16)17)29-26-28-11-22(27)25(30-26)32-14-19(15-33)21-7-2-3-8-23(21)32/h2,7,9-11,17,19,33H,3-6,8,12-15H2,1H3,(H,28,29,30). The summed E-state index contributed by atoms with van der Waals surface area (Å²) >= 11 is 6.58. The van der Waals surface area contributed by atoms with Crippen LogP contribution in [0, 0.1) is 5.92 Å². The third-order valence-electron chi connectivity index (χ3n) is 7.54. The molecule has 6 nitrogen and oxygen atoms in total. The number of aromatic nitrogens is 2. The number of aryl methyl sites for hydroxylation is 1. The summed E-state index contributed by atoms with van der Waals surface area (Å²) in [7, 11) is 2.21. The Morgan fingerprint density at radius 2 is 2.09 bits per heavy atom. The molecule has 33 heavy (non-hydrogen) atoms. The second-order valence-corrected chi connectivity index (χ2v) is 10.2. The Balaban J connectivity index is 1.32. The minimum atomic E-state index is 0.0951. The Labute approximate surface area is 200 Å². The van der Waals surface area contributed by atoms with Crippen LogP contribution in [0.5, 0.6) is 0 Å². The molecule has 0 bridgehead atoms. The summed E-state index contributed by atoms with van der Waals surface area (Å²) in [6.45, 7) is 2.97. The number of nitrogens with one attached hydrogen (secondary N) is 1. The smallest absolute Gasteiger partial charge is 0.229 e. The van der Waals surface area contributed by atoms with Gasteiger partial charge < -0.3 is 20.2 Å². The van der Waals surface area contributed by atoms with Gasteiger partial charge in [-0.15, -0.1) is 0 Å². The number of hydrogen-bond donors (Lipinski definition) is 2. The number of anilines is 3. The van der Waals surface area contributed by atoms with E-state index in [0.29, 0.717) is 29.3 Å². The van der Waals surface area contributed by atoms with E-state index in [2.05, 4.69) is 51.4 Å². The van der Waals surface area contributed by atoms with Crippen LogP contribution in [0.1, 0.15) is 48.3 Å². The van der Waals surface area contributed by atoms with Crippen LogP contribution >= 0.6 is 11.6 Å². The first-order chi connectivity index (χ1) is 16.1. The van der Waals surface area contributed by atoms with Crippen LogP contribution < -0.4 is 10.2 Å². The average molecular weight is 464 g/mol. The highest BCUT2D eigenvalue weighted by atomic mass is 35.5. The molecule has 1 aromatic carbocycles. The van der Waals surface area contributed by atoms with Gasteiger partial charge in [-0.25, -0.2) is 4.98 Å². The van der Waals surface area contributed by atoms with Crippen LogP contribution in [0.15, 0.2) is 41.8 Å². The molecule has 3 heterocycles. The van der Waals surface area contributed by atoms with E-state index in [1.807, 2.05) is 0 Å². The molecule has 2 aromatic rings. The third kappa shape index (κ3) is 3.74. The fourth-order valence-corrected chi connectivity index (χ4v) is 6.37. The van der Waals surface area contributed by atoms with Gasteiger partial charge in [-0.05, 0) is 79.5 Å². The molecule has 0 saturated carbocycles. The van der Waals surface area contributed by atoms with Crippen molar-refractivity contribution in [1.29, 1.82) is 0 Å². The predicted octanol–water partition coefficient (Wildman–Crippen LogP) is 4.77. The monoisotopic (exact) mass is 463 g/mol. The summed E-state index contributed by atoms with van der Waals surface area (Å²) in [5.74, 6) is 2.03. The van der Waals surface area contributed by atoms with Crippen molar-refractivity contribution in [1.82, 2.24) is 14.9 Å². The molecule has 0 spiro atoms. The summed E-state index contributed by atoms with van der Waals surface area (Å²) in [6.07, 6.45) is 11.6. The fraction of sp³-hybridized carbons (Fsp3) is 0.462. The maximum atomic E-state index is 9.90. The largest absolute Gasteiger partial charge is 0.396 e. The van der Waals surface area contributed by atoms with Crippen molar-refractivity contribution in [3.63, 3.8) is 0 Å². The first-order valence-corrected chi connectivity index (χ1v) is 12.4. The molecule has 2 aliphatic carbocycles. The zero-order chi connectivity index (χ0) is 22.5. The molecule has 2 atom stereocenters. The number of halogens is 1. The zero-order valence-electron chi connectivity index (χ0n) is 19.0. The number of aliphatic hydroxyl groups excluding tert-OH is 1. The lowest BCUT2D eigenvalue weighted by atomic mass is 9.77. The lowest BCUT2D eigenvalue weighted by Crippen LogP contribution is -2.33. The van der Waals surface area contributed by atoms with Crippen molar-refractivity contribution in [3.05, 3.63) is 63.5 Å². The molecule has 0 saturated heterocycles. The summed E-state index contributed by atoms with van der Waals surface area (Å²) in [6, 6.07) is 4.56. The van der Waals surface area contributed by atoms with Gasteiger partial charge in [0.1, 0.15) is 5.02 Å². The quantitative estimate of drug-likeness (QED) is 0.680. The van der Waals surface area contributed by atoms with Gasteiger partial charge in [-0.2, -0.15) is 4.98 Å². The van der Waals surface area contributed by atoms with Crippen LogP contribution in [0.3, 0.4) is 0 Å². The normalized spacial score (nSPS) is 24.2. The van der Waals surface area contributed by atoms with E-state index in [0.717, 1.165) is 38.0 Å². The molecule has 6 rings (SSSR count). The van der Waals surface area contributed by atoms with E-state index in [1.54, 1.807) is 11.8 Å². The third-order valence-corrected chi connectivity index (χ3v) is 7.80. The molecular formula is C26H30ClN5O. The summed E-state index contributed by atoms with van der Waals surface area (Å²) in [5, 5.41) is 13.9. The second kappa shape index (κ2) is 8.42. The first-order valence-electron chi connectivity index (χ1n) is 12.0. The van der Waals surface area contributed by atoms with E-state index >= 15 is 0 Å². The molecule has 2 unspecified atom stereocenters. The van der Waals surface area contributed by atoms with Crippen LogP contribution in [-0.2, 0) is 13.0 Å². The van der Waals surface area contributed by atoms with Gasteiger partial charge in [0.2, 0.25) is 5.95 Å². The summed E-state index contributed by atoms with van der Waals surface area (Å²) in [4.78, 5) is 13.9. The molecule has 0 radical (unpaired) electrons. The van der Waals surface area contributed by atoms with Crippen molar-refractivity contribution in [2.45, 2.75) is 44.6 Å². The van der Waals surface area contributed by atoms with Gasteiger partial charge in [0.25, 0.3) is 0 Å². The molecule has 2 N–H and O–H groups in total. The highest BCUT2D eigenvalue weighted by Crippen LogP contribution is 2.42. The van der Waals surface area contributed by atoms with Crippen LogP contribution in [0.4, 0.5) is 17.5 Å². The van der Waals surface area contributed by atoms with Gasteiger partial charge in [-0.1, -0.05) is 23.8 Å². The van der Waals surface area contributed by atoms with Crippen molar-refractivity contribution in [2.75, 3.05) is 37.0 Å². The summed E-state index contributed by atoms with van der Waals surface area (Å²) < 4.78 is 0. The van der Waals surface area contributed by atoms with Crippen molar-refractivity contribution < 1.29 is 5.11 Å². The highest BCUT2D eigenvalue weighted by molar-refractivity contribution is 6.32. The zero-order valence-corrected chi connectivity index (χ0v) is 19.8. The molecule has 172 valence electrons. The number of aliphatic hydroxyl groups is 1. The van der Waals surface area contributed by atoms with Crippen LogP contribution in [-0.4, -0.2) is 46.7 Å². The first kappa shape index (κ1) is 21.1. The predicted molar refractivity (Wildman–Crippen MR) is 132 cm³/mol. The van der Waals surface area contributed by atoms with Crippen LogP contribution in [0.25, 0.3) is 0 Å². The number of hydrogen-bond acceptors (Lipinski definition) is 6. The minimum absolute atomic E-state index is 0.0951. The number of benzene rings is 1. The molecule has 2 aliphatic heterocycles.